The van der Waals surface area contributed by atoms with Crippen LogP contribution in [0.15, 0.2) is 20.1 Å². The van der Waals surface area contributed by atoms with Crippen molar-refractivity contribution in [2.24, 2.45) is 0 Å². The normalized spacial score (nSPS) is 20.8. The van der Waals surface area contributed by atoms with Crippen molar-refractivity contribution in [1.82, 2.24) is 30.2 Å². The highest BCUT2D eigenvalue weighted by molar-refractivity contribution is 9.10. The Hall–Kier alpha value is -2.11. The Balaban J connectivity index is 1.47. The number of β-lactam (4-membered cyclic amide) rings is 1. The minimum Gasteiger partial charge on any atom is -0.477 e. The number of thioether (sulfide) groups is 2. The number of aromatic nitrogens is 4. The van der Waals surface area contributed by atoms with Crippen molar-refractivity contribution in [3.63, 3.8) is 0 Å². The molecule has 4 rings (SSSR count). The summed E-state index contributed by atoms with van der Waals surface area (Å²) in [4.78, 5) is 38.9. The third-order valence-electron chi connectivity index (χ3n) is 5.52. The van der Waals surface area contributed by atoms with Crippen molar-refractivity contribution in [2.45, 2.75) is 48.7 Å². The fourth-order valence-corrected chi connectivity index (χ4v) is 7.51. The van der Waals surface area contributed by atoms with Gasteiger partial charge in [0, 0.05) is 11.5 Å². The molecule has 2 N–H and O–H groups in total. The zero-order valence-corrected chi connectivity index (χ0v) is 22.8. The van der Waals surface area contributed by atoms with Gasteiger partial charge in [0.15, 0.2) is 10.0 Å². The number of aliphatic carboxylic acids is 1. The lowest BCUT2D eigenvalue weighted by Crippen LogP contribution is -2.71. The average Bonchev–Trinajstić information content (AvgIpc) is 3.36. The van der Waals surface area contributed by atoms with Crippen molar-refractivity contribution >= 4 is 68.6 Å². The second-order valence-corrected chi connectivity index (χ2v) is 12.2. The number of hydrogen-bond donors (Lipinski definition) is 2. The summed E-state index contributed by atoms with van der Waals surface area (Å²) in [5.74, 6) is -1.94. The predicted octanol–water partition coefficient (Wildman–Crippen LogP) is 3.22. The van der Waals surface area contributed by atoms with Gasteiger partial charge >= 0.3 is 12.1 Å². The van der Waals surface area contributed by atoms with E-state index in [0.717, 1.165) is 14.6 Å². The molecule has 36 heavy (non-hydrogen) atoms. The zero-order valence-electron chi connectivity index (χ0n) is 18.8. The van der Waals surface area contributed by atoms with Crippen molar-refractivity contribution in [3.05, 3.63) is 32.1 Å². The van der Waals surface area contributed by atoms with Crippen LogP contribution in [-0.4, -0.2) is 70.7 Å². The maximum Gasteiger partial charge on any atom is 0.436 e. The fourth-order valence-electron chi connectivity index (χ4n) is 3.72. The molecule has 10 nitrogen and oxygen atoms in total. The van der Waals surface area contributed by atoms with Gasteiger partial charge in [-0.05, 0) is 42.3 Å². The van der Waals surface area contributed by atoms with Gasteiger partial charge in [-0.2, -0.15) is 18.3 Å². The molecule has 2 amide bonds. The van der Waals surface area contributed by atoms with Crippen molar-refractivity contribution in [1.29, 1.82) is 0 Å². The first-order chi connectivity index (χ1) is 16.8. The van der Waals surface area contributed by atoms with Crippen molar-refractivity contribution in [3.8, 4) is 0 Å². The molecule has 1 saturated heterocycles. The van der Waals surface area contributed by atoms with Gasteiger partial charge in [0.25, 0.3) is 5.91 Å². The number of fused-ring (bicyclic) bond motifs is 1. The molecule has 17 heteroatoms. The molecule has 2 aliphatic heterocycles. The Bertz CT molecular complexity index is 1280. The second kappa shape index (κ2) is 9.98. The Morgan fingerprint density at radius 2 is 2.03 bits per heavy atom. The molecule has 0 aliphatic carbocycles. The molecule has 3 atom stereocenters. The highest BCUT2D eigenvalue weighted by atomic mass is 79.9. The van der Waals surface area contributed by atoms with Crippen molar-refractivity contribution in [2.75, 3.05) is 11.5 Å². The average molecular weight is 627 g/mol. The number of hydrogen-bond acceptors (Lipinski definition) is 9. The summed E-state index contributed by atoms with van der Waals surface area (Å²) < 4.78 is 40.9. The summed E-state index contributed by atoms with van der Waals surface area (Å²) in [7, 11) is 0. The molecule has 0 bridgehead atoms. The number of rotatable bonds is 7. The summed E-state index contributed by atoms with van der Waals surface area (Å²) in [6.45, 7) is 4.56. The van der Waals surface area contributed by atoms with Gasteiger partial charge in [-0.1, -0.05) is 23.1 Å². The van der Waals surface area contributed by atoms with Crippen LogP contribution in [0.4, 0.5) is 13.2 Å². The summed E-state index contributed by atoms with van der Waals surface area (Å²) in [6, 6.07) is -2.16. The van der Waals surface area contributed by atoms with Gasteiger partial charge in [0.05, 0.1) is 10.2 Å². The van der Waals surface area contributed by atoms with Gasteiger partial charge in [-0.15, -0.1) is 22.0 Å². The number of halogens is 4. The van der Waals surface area contributed by atoms with E-state index in [1.54, 1.807) is 6.92 Å². The van der Waals surface area contributed by atoms with Crippen LogP contribution in [-0.2, 0) is 20.6 Å². The standard InChI is InChI=1S/C19H18BrF3N6O4S3/c1-6-10(20)13(19(21,22)23)27-29(6)7(2)14(30)24-11-15(31)28-12(17(32)33)9(4-34-16(11)28)5-35-18-26-25-8(3)36-18/h7,11,16H,4-5H2,1-3H3,(H,24,30)(H,32,33)/t7-,11+,16+/m1/s1. The quantitative estimate of drug-likeness (QED) is 0.351. The molecule has 0 radical (unpaired) electrons. The molecule has 4 heterocycles. The number of nitrogens with one attached hydrogen (secondary N) is 1. The first-order valence-electron chi connectivity index (χ1n) is 10.3. The second-order valence-electron chi connectivity index (χ2n) is 7.90. The number of carboxylic acids is 1. The summed E-state index contributed by atoms with van der Waals surface area (Å²) >= 11 is 6.88. The van der Waals surface area contributed by atoms with Gasteiger partial charge in [-0.3, -0.25) is 19.2 Å². The monoisotopic (exact) mass is 626 g/mol. The first-order valence-corrected chi connectivity index (χ1v) is 13.9. The van der Waals surface area contributed by atoms with E-state index in [2.05, 4.69) is 36.5 Å². The number of carbonyl (C=O) groups excluding carboxylic acids is 2. The van der Waals surface area contributed by atoms with Crippen LogP contribution in [0.1, 0.15) is 29.4 Å². The Labute approximate surface area is 223 Å². The molecule has 2 aromatic heterocycles. The largest absolute Gasteiger partial charge is 0.477 e. The lowest BCUT2D eigenvalue weighted by atomic mass is 10.0. The lowest BCUT2D eigenvalue weighted by molar-refractivity contribution is -0.151. The van der Waals surface area contributed by atoms with E-state index in [1.807, 2.05) is 0 Å². The molecule has 194 valence electrons. The molecule has 0 aromatic carbocycles. The zero-order chi connectivity index (χ0) is 26.5. The molecular weight excluding hydrogens is 609 g/mol. The van der Waals surface area contributed by atoms with E-state index in [1.165, 1.54) is 48.7 Å². The number of carbonyl (C=O) groups is 3. The maximum atomic E-state index is 13.2. The molecule has 0 unspecified atom stereocenters. The Kier molecular flexibility index (Phi) is 7.47. The van der Waals surface area contributed by atoms with Crippen LogP contribution in [0.2, 0.25) is 0 Å². The minimum absolute atomic E-state index is 0.0995. The highest BCUT2D eigenvalue weighted by Gasteiger charge is 2.54. The van der Waals surface area contributed by atoms with E-state index >= 15 is 0 Å². The number of aryl methyl sites for hydroxylation is 1. The van der Waals surface area contributed by atoms with E-state index in [4.69, 9.17) is 0 Å². The van der Waals surface area contributed by atoms with E-state index in [-0.39, 0.29) is 15.9 Å². The topological polar surface area (TPSA) is 130 Å². The van der Waals surface area contributed by atoms with E-state index in [9.17, 15) is 32.7 Å². The molecule has 0 saturated carbocycles. The van der Waals surface area contributed by atoms with E-state index in [0.29, 0.717) is 21.4 Å². The number of amides is 2. The molecule has 2 aromatic rings. The maximum absolute atomic E-state index is 13.2. The van der Waals surface area contributed by atoms with Gasteiger partial charge in [-0.25, -0.2) is 4.79 Å². The van der Waals surface area contributed by atoms with Gasteiger partial charge in [0.2, 0.25) is 5.91 Å². The van der Waals surface area contributed by atoms with Gasteiger partial charge in [0.1, 0.15) is 28.2 Å². The van der Waals surface area contributed by atoms with Crippen LogP contribution in [0.3, 0.4) is 0 Å². The molecular formula is C19H18BrF3N6O4S3. The molecule has 1 fully saturated rings. The smallest absolute Gasteiger partial charge is 0.436 e. The Morgan fingerprint density at radius 3 is 2.58 bits per heavy atom. The summed E-state index contributed by atoms with van der Waals surface area (Å²) in [6.07, 6.45) is -4.71. The van der Waals surface area contributed by atoms with Crippen LogP contribution >= 0.6 is 50.8 Å². The fraction of sp³-hybridized carbons (Fsp3) is 0.474. The number of nitrogens with zero attached hydrogens (tertiary/aromatic N) is 5. The highest BCUT2D eigenvalue weighted by Crippen LogP contribution is 2.42. The Morgan fingerprint density at radius 1 is 1.33 bits per heavy atom. The van der Waals surface area contributed by atoms with Crippen LogP contribution in [0.5, 0.6) is 0 Å². The number of alkyl halides is 3. The molecule has 2 aliphatic rings. The predicted molar refractivity (Wildman–Crippen MR) is 129 cm³/mol. The van der Waals surface area contributed by atoms with E-state index < -0.39 is 47.1 Å². The SMILES string of the molecule is Cc1nnc(SCC2=C(C(=O)O)N3C(=O)[C@H](NC(=O)[C@@H](C)n4nc(C(F)(F)F)c(Br)c4C)[C@@H]3SC2)s1. The third kappa shape index (κ3) is 4.89. The van der Waals surface area contributed by atoms with Gasteiger partial charge < -0.3 is 10.4 Å². The van der Waals surface area contributed by atoms with Crippen LogP contribution in [0, 0.1) is 13.8 Å². The summed E-state index contributed by atoms with van der Waals surface area (Å²) in [5.41, 5.74) is -0.636. The summed E-state index contributed by atoms with van der Waals surface area (Å²) in [5, 5.41) is 23.9. The molecule has 0 spiro atoms. The lowest BCUT2D eigenvalue weighted by Gasteiger charge is -2.49. The van der Waals surface area contributed by atoms with Crippen LogP contribution in [0.25, 0.3) is 0 Å². The minimum atomic E-state index is -4.71. The van der Waals surface area contributed by atoms with Crippen LogP contribution < -0.4 is 5.32 Å². The first kappa shape index (κ1) is 26.9. The van der Waals surface area contributed by atoms with Crippen molar-refractivity contribution < 1.29 is 32.7 Å². The third-order valence-corrected chi connectivity index (χ3v) is 9.86. The number of carboxylic acid groups (broad SMARTS) is 1.